The van der Waals surface area contributed by atoms with Crippen LogP contribution < -0.4 is 5.73 Å². The molecular weight excluding hydrogens is 172 g/mol. The highest BCUT2D eigenvalue weighted by molar-refractivity contribution is 5.93. The monoisotopic (exact) mass is 186 g/mol. The van der Waals surface area contributed by atoms with Crippen molar-refractivity contribution < 1.29 is 0 Å². The summed E-state index contributed by atoms with van der Waals surface area (Å²) >= 11 is 0. The molecule has 0 bridgehead atoms. The highest BCUT2D eigenvalue weighted by Crippen LogP contribution is 2.24. The van der Waals surface area contributed by atoms with Crippen LogP contribution in [0.15, 0.2) is 30.6 Å². The summed E-state index contributed by atoms with van der Waals surface area (Å²) in [6.45, 7) is 2.16. The van der Waals surface area contributed by atoms with Crippen molar-refractivity contribution in [1.82, 2.24) is 4.98 Å². The Hall–Kier alpha value is -1.57. The lowest BCUT2D eigenvalue weighted by atomic mass is 10.0. The van der Waals surface area contributed by atoms with Crippen LogP contribution in [-0.2, 0) is 6.42 Å². The molecule has 0 fully saturated rings. The van der Waals surface area contributed by atoms with E-state index in [0.29, 0.717) is 0 Å². The molecule has 2 N–H and O–H groups in total. The van der Waals surface area contributed by atoms with Crippen molar-refractivity contribution in [3.05, 3.63) is 36.2 Å². The van der Waals surface area contributed by atoms with Gasteiger partial charge in [0.1, 0.15) is 0 Å². The number of benzene rings is 1. The third-order valence-corrected chi connectivity index (χ3v) is 2.47. The van der Waals surface area contributed by atoms with E-state index in [0.717, 1.165) is 29.3 Å². The molecule has 0 amide bonds. The molecule has 0 aliphatic rings. The SMILES string of the molecule is CCCc1ccc2cnccc2c1N. The summed E-state index contributed by atoms with van der Waals surface area (Å²) in [4.78, 5) is 4.07. The Bertz CT molecular complexity index is 449. The number of aromatic nitrogens is 1. The summed E-state index contributed by atoms with van der Waals surface area (Å²) in [6, 6.07) is 6.16. The lowest BCUT2D eigenvalue weighted by molar-refractivity contribution is 0.926. The Kier molecular flexibility index (Phi) is 2.35. The zero-order valence-corrected chi connectivity index (χ0v) is 8.33. The van der Waals surface area contributed by atoms with Gasteiger partial charge < -0.3 is 5.73 Å². The number of rotatable bonds is 2. The first-order valence-corrected chi connectivity index (χ1v) is 4.94. The number of nitrogen functional groups attached to an aromatic ring is 1. The molecule has 0 saturated heterocycles. The molecule has 2 aromatic rings. The maximum Gasteiger partial charge on any atom is 0.0427 e. The number of hydrogen-bond donors (Lipinski definition) is 1. The minimum atomic E-state index is 0.909. The first-order chi connectivity index (χ1) is 6.83. The van der Waals surface area contributed by atoms with Crippen molar-refractivity contribution in [1.29, 1.82) is 0 Å². The number of nitrogens with two attached hydrogens (primary N) is 1. The van der Waals surface area contributed by atoms with Crippen LogP contribution >= 0.6 is 0 Å². The van der Waals surface area contributed by atoms with Gasteiger partial charge in [-0.3, -0.25) is 4.98 Å². The van der Waals surface area contributed by atoms with E-state index < -0.39 is 0 Å². The van der Waals surface area contributed by atoms with Gasteiger partial charge >= 0.3 is 0 Å². The van der Waals surface area contributed by atoms with Crippen LogP contribution in [-0.4, -0.2) is 4.98 Å². The van der Waals surface area contributed by atoms with Crippen molar-refractivity contribution >= 4 is 16.5 Å². The van der Waals surface area contributed by atoms with Crippen LogP contribution in [0.25, 0.3) is 10.8 Å². The minimum absolute atomic E-state index is 0.909. The van der Waals surface area contributed by atoms with E-state index in [1.54, 1.807) is 6.20 Å². The molecule has 2 nitrogen and oxygen atoms in total. The summed E-state index contributed by atoms with van der Waals surface area (Å²) in [5.41, 5.74) is 8.23. The van der Waals surface area contributed by atoms with Gasteiger partial charge in [-0.05, 0) is 18.1 Å². The van der Waals surface area contributed by atoms with Gasteiger partial charge in [-0.25, -0.2) is 0 Å². The third kappa shape index (κ3) is 1.43. The Morgan fingerprint density at radius 2 is 2.14 bits per heavy atom. The van der Waals surface area contributed by atoms with E-state index in [4.69, 9.17) is 5.73 Å². The minimum Gasteiger partial charge on any atom is -0.398 e. The number of hydrogen-bond acceptors (Lipinski definition) is 2. The van der Waals surface area contributed by atoms with Crippen LogP contribution in [0.1, 0.15) is 18.9 Å². The van der Waals surface area contributed by atoms with Crippen LogP contribution in [0.3, 0.4) is 0 Å². The molecule has 1 aromatic heterocycles. The number of nitrogens with zero attached hydrogens (tertiary/aromatic N) is 1. The van der Waals surface area contributed by atoms with Crippen LogP contribution in [0.4, 0.5) is 5.69 Å². The maximum absolute atomic E-state index is 6.08. The highest BCUT2D eigenvalue weighted by Gasteiger charge is 2.02. The first-order valence-electron chi connectivity index (χ1n) is 4.94. The van der Waals surface area contributed by atoms with Gasteiger partial charge in [0.25, 0.3) is 0 Å². The molecule has 1 aromatic carbocycles. The average molecular weight is 186 g/mol. The third-order valence-electron chi connectivity index (χ3n) is 2.47. The van der Waals surface area contributed by atoms with Crippen LogP contribution in [0.5, 0.6) is 0 Å². The summed E-state index contributed by atoms with van der Waals surface area (Å²) in [5.74, 6) is 0. The number of anilines is 1. The molecule has 2 rings (SSSR count). The maximum atomic E-state index is 6.08. The number of aryl methyl sites for hydroxylation is 1. The van der Waals surface area contributed by atoms with Gasteiger partial charge in [0.05, 0.1) is 0 Å². The zero-order chi connectivity index (χ0) is 9.97. The molecule has 0 aliphatic heterocycles. The highest BCUT2D eigenvalue weighted by atomic mass is 14.6. The predicted octanol–water partition coefficient (Wildman–Crippen LogP) is 2.77. The normalized spacial score (nSPS) is 10.6. The topological polar surface area (TPSA) is 38.9 Å². The molecule has 0 atom stereocenters. The fourth-order valence-corrected chi connectivity index (χ4v) is 1.73. The van der Waals surface area contributed by atoms with Crippen LogP contribution in [0, 0.1) is 0 Å². The first kappa shape index (κ1) is 9.00. The van der Waals surface area contributed by atoms with Gasteiger partial charge in [-0.2, -0.15) is 0 Å². The smallest absolute Gasteiger partial charge is 0.0427 e. The van der Waals surface area contributed by atoms with E-state index in [-0.39, 0.29) is 0 Å². The molecule has 0 aliphatic carbocycles. The van der Waals surface area contributed by atoms with Gasteiger partial charge in [0.15, 0.2) is 0 Å². The predicted molar refractivity (Wildman–Crippen MR) is 60.2 cm³/mol. The lowest BCUT2D eigenvalue weighted by Gasteiger charge is -2.07. The second kappa shape index (κ2) is 3.66. The molecule has 14 heavy (non-hydrogen) atoms. The van der Waals surface area contributed by atoms with Crippen molar-refractivity contribution in [3.8, 4) is 0 Å². The van der Waals surface area contributed by atoms with Gasteiger partial charge in [0, 0.05) is 28.9 Å². The number of fused-ring (bicyclic) bond motifs is 1. The molecule has 0 radical (unpaired) electrons. The standard InChI is InChI=1S/C12H14N2/c1-2-3-9-4-5-10-8-14-7-6-11(10)12(9)13/h4-8H,2-3,13H2,1H3. The van der Waals surface area contributed by atoms with Crippen molar-refractivity contribution in [2.75, 3.05) is 5.73 Å². The van der Waals surface area contributed by atoms with Gasteiger partial charge in [-0.15, -0.1) is 0 Å². The lowest BCUT2D eigenvalue weighted by Crippen LogP contribution is -1.95. The van der Waals surface area contributed by atoms with Crippen LogP contribution in [0.2, 0.25) is 0 Å². The van der Waals surface area contributed by atoms with E-state index in [1.807, 2.05) is 12.3 Å². The van der Waals surface area contributed by atoms with E-state index >= 15 is 0 Å². The number of pyridine rings is 1. The van der Waals surface area contributed by atoms with Gasteiger partial charge in [-0.1, -0.05) is 25.5 Å². The quantitative estimate of drug-likeness (QED) is 0.732. The fraction of sp³-hybridized carbons (Fsp3) is 0.250. The summed E-state index contributed by atoms with van der Waals surface area (Å²) < 4.78 is 0. The molecular formula is C12H14N2. The Labute approximate surface area is 83.8 Å². The van der Waals surface area contributed by atoms with Crippen molar-refractivity contribution in [2.24, 2.45) is 0 Å². The largest absolute Gasteiger partial charge is 0.398 e. The Balaban J connectivity index is 2.63. The molecule has 0 saturated carbocycles. The molecule has 2 heteroatoms. The van der Waals surface area contributed by atoms with E-state index in [1.165, 1.54) is 5.56 Å². The molecule has 1 heterocycles. The van der Waals surface area contributed by atoms with Crippen molar-refractivity contribution in [3.63, 3.8) is 0 Å². The van der Waals surface area contributed by atoms with E-state index in [9.17, 15) is 0 Å². The second-order valence-corrected chi connectivity index (χ2v) is 3.49. The Morgan fingerprint density at radius 1 is 1.29 bits per heavy atom. The Morgan fingerprint density at radius 3 is 2.93 bits per heavy atom. The van der Waals surface area contributed by atoms with E-state index in [2.05, 4.69) is 24.0 Å². The van der Waals surface area contributed by atoms with Crippen molar-refractivity contribution in [2.45, 2.75) is 19.8 Å². The second-order valence-electron chi connectivity index (χ2n) is 3.49. The molecule has 0 spiro atoms. The zero-order valence-electron chi connectivity index (χ0n) is 8.33. The summed E-state index contributed by atoms with van der Waals surface area (Å²) in [7, 11) is 0. The summed E-state index contributed by atoms with van der Waals surface area (Å²) in [6.07, 6.45) is 5.81. The molecule has 0 unspecified atom stereocenters. The average Bonchev–Trinajstić information content (AvgIpc) is 2.23. The van der Waals surface area contributed by atoms with Gasteiger partial charge in [0.2, 0.25) is 0 Å². The fourth-order valence-electron chi connectivity index (χ4n) is 1.73. The molecule has 72 valence electrons. The summed E-state index contributed by atoms with van der Waals surface area (Å²) in [5, 5.41) is 2.23.